The summed E-state index contributed by atoms with van der Waals surface area (Å²) in [5, 5.41) is 13.5. The van der Waals surface area contributed by atoms with Crippen LogP contribution in [0.5, 0.6) is 5.75 Å². The highest BCUT2D eigenvalue weighted by molar-refractivity contribution is 5.87. The molecule has 0 amide bonds. The summed E-state index contributed by atoms with van der Waals surface area (Å²) in [4.78, 5) is 11.4. The first-order valence-corrected chi connectivity index (χ1v) is 10.0. The number of aromatic nitrogens is 4. The Hall–Kier alpha value is -2.80. The van der Waals surface area contributed by atoms with Gasteiger partial charge in [0.2, 0.25) is 5.95 Å². The molecule has 7 nitrogen and oxygen atoms in total. The Bertz CT molecular complexity index is 1010. The molecule has 29 heavy (non-hydrogen) atoms. The highest BCUT2D eigenvalue weighted by Crippen LogP contribution is 2.32. The van der Waals surface area contributed by atoms with Crippen LogP contribution in [0.1, 0.15) is 32.9 Å². The Morgan fingerprint density at radius 3 is 2.69 bits per heavy atom. The van der Waals surface area contributed by atoms with Crippen LogP contribution in [0.15, 0.2) is 30.5 Å². The predicted octanol–water partition coefficient (Wildman–Crippen LogP) is 3.37. The largest absolute Gasteiger partial charge is 0.496 e. The maximum atomic E-state index is 5.59. The molecular weight excluding hydrogens is 364 g/mol. The second-order valence-corrected chi connectivity index (χ2v) is 8.67. The van der Waals surface area contributed by atoms with Gasteiger partial charge in [-0.15, -0.1) is 10.2 Å². The fourth-order valence-electron chi connectivity index (χ4n) is 3.83. The van der Waals surface area contributed by atoms with Crippen molar-refractivity contribution in [3.05, 3.63) is 36.2 Å². The third-order valence-electron chi connectivity index (χ3n) is 5.08. The first-order chi connectivity index (χ1) is 13.8. The summed E-state index contributed by atoms with van der Waals surface area (Å²) in [6.45, 7) is 10.4. The predicted molar refractivity (Wildman–Crippen MR) is 115 cm³/mol. The highest BCUT2D eigenvalue weighted by Gasteiger charge is 2.27. The number of methoxy groups -OCH3 is 1. The van der Waals surface area contributed by atoms with Gasteiger partial charge in [0.15, 0.2) is 0 Å². The van der Waals surface area contributed by atoms with Crippen molar-refractivity contribution in [2.75, 3.05) is 25.1 Å². The zero-order valence-electron chi connectivity index (χ0n) is 17.7. The minimum atomic E-state index is 0.0999. The quantitative estimate of drug-likeness (QED) is 0.729. The third-order valence-corrected chi connectivity index (χ3v) is 5.08. The second-order valence-electron chi connectivity index (χ2n) is 8.67. The molecule has 0 spiro atoms. The van der Waals surface area contributed by atoms with E-state index >= 15 is 0 Å². The van der Waals surface area contributed by atoms with Crippen LogP contribution in [0.3, 0.4) is 0 Å². The molecule has 4 rings (SSSR count). The topological polar surface area (TPSA) is 76.1 Å². The van der Waals surface area contributed by atoms with Crippen LogP contribution < -0.4 is 15.0 Å². The number of pyridine rings is 1. The first kappa shape index (κ1) is 19.5. The Balaban J connectivity index is 1.58. The van der Waals surface area contributed by atoms with Crippen molar-refractivity contribution in [2.24, 2.45) is 0 Å². The molecule has 7 heteroatoms. The lowest BCUT2D eigenvalue weighted by molar-refractivity contribution is 0.373. The zero-order chi connectivity index (χ0) is 20.6. The van der Waals surface area contributed by atoms with Crippen LogP contribution in [0, 0.1) is 6.92 Å². The van der Waals surface area contributed by atoms with E-state index in [0.717, 1.165) is 47.4 Å². The van der Waals surface area contributed by atoms with Crippen LogP contribution in [0.25, 0.3) is 22.2 Å². The van der Waals surface area contributed by atoms with Gasteiger partial charge in [0.25, 0.3) is 0 Å². The maximum absolute atomic E-state index is 5.59. The Morgan fingerprint density at radius 1 is 1.17 bits per heavy atom. The number of rotatable bonds is 4. The molecule has 152 valence electrons. The Kier molecular flexibility index (Phi) is 5.08. The van der Waals surface area contributed by atoms with Crippen molar-refractivity contribution in [3.8, 4) is 17.0 Å². The fourth-order valence-corrected chi connectivity index (χ4v) is 3.83. The van der Waals surface area contributed by atoms with Gasteiger partial charge < -0.3 is 15.0 Å². The van der Waals surface area contributed by atoms with E-state index in [9.17, 15) is 0 Å². The molecule has 0 radical (unpaired) electrons. The summed E-state index contributed by atoms with van der Waals surface area (Å²) < 4.78 is 5.59. The summed E-state index contributed by atoms with van der Waals surface area (Å²) >= 11 is 0. The third kappa shape index (κ3) is 4.29. The lowest BCUT2D eigenvalue weighted by Gasteiger charge is -2.25. The van der Waals surface area contributed by atoms with E-state index in [0.29, 0.717) is 17.7 Å². The van der Waals surface area contributed by atoms with E-state index in [-0.39, 0.29) is 5.54 Å². The molecule has 1 saturated heterocycles. The summed E-state index contributed by atoms with van der Waals surface area (Å²) in [7, 11) is 1.66. The van der Waals surface area contributed by atoms with Crippen LogP contribution in [-0.4, -0.2) is 51.9 Å². The fraction of sp³-hybridized carbons (Fsp3) is 0.455. The molecular formula is C22H28N6O. The van der Waals surface area contributed by atoms with Gasteiger partial charge in [0.05, 0.1) is 18.8 Å². The molecule has 0 aliphatic carbocycles. The Labute approximate surface area is 171 Å². The van der Waals surface area contributed by atoms with Crippen LogP contribution in [0.2, 0.25) is 0 Å². The van der Waals surface area contributed by atoms with E-state index in [2.05, 4.69) is 51.2 Å². The number of nitrogens with zero attached hydrogens (tertiary/aromatic N) is 5. The summed E-state index contributed by atoms with van der Waals surface area (Å²) in [6.07, 6.45) is 2.85. The van der Waals surface area contributed by atoms with Gasteiger partial charge >= 0.3 is 0 Å². The minimum Gasteiger partial charge on any atom is -0.496 e. The van der Waals surface area contributed by atoms with Crippen LogP contribution in [0.4, 0.5) is 5.95 Å². The highest BCUT2D eigenvalue weighted by atomic mass is 16.5. The van der Waals surface area contributed by atoms with Gasteiger partial charge in [-0.3, -0.25) is 4.98 Å². The SMILES string of the molecule is COc1cc2ccc(C)nc2cc1-c1cnc(N2CCC(NC(C)(C)C)C2)nn1. The molecule has 1 fully saturated rings. The molecule has 1 N–H and O–H groups in total. The summed E-state index contributed by atoms with van der Waals surface area (Å²) in [6, 6.07) is 8.46. The van der Waals surface area contributed by atoms with Crippen molar-refractivity contribution in [1.29, 1.82) is 0 Å². The molecule has 2 aromatic heterocycles. The maximum Gasteiger partial charge on any atom is 0.245 e. The van der Waals surface area contributed by atoms with Crippen molar-refractivity contribution in [2.45, 2.75) is 45.7 Å². The number of ether oxygens (including phenoxy) is 1. The van der Waals surface area contributed by atoms with E-state index in [1.165, 1.54) is 0 Å². The number of anilines is 1. The first-order valence-electron chi connectivity index (χ1n) is 10.0. The lowest BCUT2D eigenvalue weighted by Crippen LogP contribution is -2.45. The van der Waals surface area contributed by atoms with Crippen LogP contribution in [-0.2, 0) is 0 Å². The molecule has 1 aliphatic rings. The molecule has 1 aliphatic heterocycles. The van der Waals surface area contributed by atoms with Crippen molar-refractivity contribution < 1.29 is 4.74 Å². The smallest absolute Gasteiger partial charge is 0.245 e. The lowest BCUT2D eigenvalue weighted by atomic mass is 10.1. The molecule has 1 aromatic carbocycles. The van der Waals surface area contributed by atoms with Gasteiger partial charge in [-0.2, -0.15) is 0 Å². The average Bonchev–Trinajstić information content (AvgIpc) is 3.13. The molecule has 1 atom stereocenters. The van der Waals surface area contributed by atoms with E-state index < -0.39 is 0 Å². The van der Waals surface area contributed by atoms with Gasteiger partial charge in [0.1, 0.15) is 11.4 Å². The molecule has 1 unspecified atom stereocenters. The van der Waals surface area contributed by atoms with Crippen molar-refractivity contribution in [3.63, 3.8) is 0 Å². The summed E-state index contributed by atoms with van der Waals surface area (Å²) in [5.74, 6) is 1.41. The minimum absolute atomic E-state index is 0.0999. The molecule has 3 heterocycles. The second kappa shape index (κ2) is 7.55. The standard InChI is InChI=1S/C22H28N6O/c1-14-6-7-15-10-20(29-5)17(11-18(15)24-14)19-12-23-21(27-26-19)28-9-8-16(13-28)25-22(2,3)4/h6-7,10-12,16,25H,8-9,13H2,1-5H3. The number of benzene rings is 1. The Morgan fingerprint density at radius 2 is 2.00 bits per heavy atom. The van der Waals surface area contributed by atoms with Gasteiger partial charge in [-0.05, 0) is 52.3 Å². The molecule has 0 saturated carbocycles. The van der Waals surface area contributed by atoms with E-state index in [1.54, 1.807) is 13.3 Å². The normalized spacial score (nSPS) is 17.1. The number of hydrogen-bond acceptors (Lipinski definition) is 7. The summed E-state index contributed by atoms with van der Waals surface area (Å²) in [5.41, 5.74) is 3.50. The van der Waals surface area contributed by atoms with Crippen LogP contribution >= 0.6 is 0 Å². The van der Waals surface area contributed by atoms with E-state index in [4.69, 9.17) is 4.74 Å². The average molecular weight is 393 g/mol. The number of fused-ring (bicyclic) bond motifs is 1. The van der Waals surface area contributed by atoms with Gasteiger partial charge in [-0.1, -0.05) is 6.07 Å². The number of nitrogens with one attached hydrogen (secondary N) is 1. The van der Waals surface area contributed by atoms with E-state index in [1.807, 2.05) is 31.2 Å². The zero-order valence-corrected chi connectivity index (χ0v) is 17.7. The molecule has 0 bridgehead atoms. The van der Waals surface area contributed by atoms with Gasteiger partial charge in [-0.25, -0.2) is 4.98 Å². The monoisotopic (exact) mass is 392 g/mol. The number of aryl methyl sites for hydroxylation is 1. The van der Waals surface area contributed by atoms with Gasteiger partial charge in [0, 0.05) is 41.3 Å². The number of hydrogen-bond donors (Lipinski definition) is 1. The van der Waals surface area contributed by atoms with Crippen molar-refractivity contribution in [1.82, 2.24) is 25.5 Å². The molecule has 3 aromatic rings. The van der Waals surface area contributed by atoms with Crippen molar-refractivity contribution >= 4 is 16.9 Å².